The molecule has 0 radical (unpaired) electrons. The van der Waals surface area contributed by atoms with Crippen molar-refractivity contribution in [2.45, 2.75) is 43.4 Å². The van der Waals surface area contributed by atoms with Gasteiger partial charge in [0.05, 0.1) is 40.8 Å². The third-order valence-electron chi connectivity index (χ3n) is 10.3. The minimum Gasteiger partial charge on any atom is -0.491 e. The quantitative estimate of drug-likeness (QED) is 0.146. The summed E-state index contributed by atoms with van der Waals surface area (Å²) in [6.07, 6.45) is 0.373. The van der Waals surface area contributed by atoms with Crippen molar-refractivity contribution in [3.63, 3.8) is 0 Å². The number of nitrogens with two attached hydrogens (primary N) is 1. The van der Waals surface area contributed by atoms with Gasteiger partial charge in [-0.15, -0.1) is 0 Å². The van der Waals surface area contributed by atoms with E-state index in [0.717, 1.165) is 53.9 Å². The number of aryl methyl sites for hydroxylation is 1. The van der Waals surface area contributed by atoms with Crippen molar-refractivity contribution in [2.75, 3.05) is 44.3 Å². The van der Waals surface area contributed by atoms with Crippen LogP contribution >= 0.6 is 23.2 Å². The Bertz CT molecular complexity index is 2590. The standard InChI is InChI=1S/C26H28Cl2N4O4.C17H14F3N3O2S/c1-19(33)31-10-12-32(13-11-31)21-3-5-22(6-4-21)34-15-23-16-35-26(36-23,17-30-9-8-29-18-30)24-7-2-20(27)14-25(24)28;1-11-2-4-12(5-3-11)15-10-16(17(18,19)20)22-23(15)13-6-8-14(9-7-13)26(21,24)25/h2-9,14,18,23H,10-13,15-17H2,1H3;2-10H,1H3,(H2,21,24,25)/t23-,26-;/m0./s1. The normalized spacial score (nSPS) is 18.0. The number of ether oxygens (including phenoxy) is 3. The van der Waals surface area contributed by atoms with Crippen LogP contribution in [-0.4, -0.2) is 84.1 Å². The molecule has 2 aliphatic rings. The van der Waals surface area contributed by atoms with Crippen molar-refractivity contribution in [1.29, 1.82) is 0 Å². The molecule has 2 saturated heterocycles. The zero-order valence-corrected chi connectivity index (χ0v) is 35.8. The molecule has 0 aliphatic carbocycles. The van der Waals surface area contributed by atoms with Crippen LogP contribution in [-0.2, 0) is 42.8 Å². The van der Waals surface area contributed by atoms with Gasteiger partial charge in [-0.05, 0) is 73.7 Å². The van der Waals surface area contributed by atoms with Gasteiger partial charge in [-0.2, -0.15) is 18.3 Å². The maximum absolute atomic E-state index is 13.1. The highest BCUT2D eigenvalue weighted by molar-refractivity contribution is 7.89. The number of imidazole rings is 1. The SMILES string of the molecule is CC(=O)N1CCN(c2ccc(OC[C@H]3CO[C@](Cn4ccnc4)(c4ccc(Cl)cc4Cl)O3)cc2)CC1.Cc1ccc(-c2cc(C(F)(F)F)nn2-c2ccc(S(N)(=O)=O)cc2)cc1. The molecule has 2 fully saturated rings. The van der Waals surface area contributed by atoms with Crippen LogP contribution in [0.3, 0.4) is 0 Å². The fraction of sp³-hybridized carbons (Fsp3) is 0.279. The van der Waals surface area contributed by atoms with Crippen LogP contribution in [0.25, 0.3) is 16.9 Å². The van der Waals surface area contributed by atoms with Crippen LogP contribution < -0.4 is 14.8 Å². The molecule has 4 heterocycles. The zero-order valence-electron chi connectivity index (χ0n) is 33.5. The number of amides is 1. The lowest BCUT2D eigenvalue weighted by Gasteiger charge is -2.35. The Balaban J connectivity index is 0.000000197. The van der Waals surface area contributed by atoms with Gasteiger partial charge in [0.15, 0.2) is 5.69 Å². The molecule has 6 aromatic rings. The van der Waals surface area contributed by atoms with E-state index in [1.165, 1.54) is 24.3 Å². The smallest absolute Gasteiger partial charge is 0.435 e. The largest absolute Gasteiger partial charge is 0.491 e. The number of primary sulfonamides is 1. The second-order valence-corrected chi connectivity index (χ2v) is 17.1. The second-order valence-electron chi connectivity index (χ2n) is 14.7. The first-order valence-corrected chi connectivity index (χ1v) is 21.6. The summed E-state index contributed by atoms with van der Waals surface area (Å²) in [6, 6.07) is 26.3. The number of piperazine rings is 1. The molecular weight excluding hydrogens is 870 g/mol. The van der Waals surface area contributed by atoms with Crippen LogP contribution in [0.15, 0.2) is 121 Å². The summed E-state index contributed by atoms with van der Waals surface area (Å²) in [4.78, 5) is 19.7. The van der Waals surface area contributed by atoms with Gasteiger partial charge in [0.25, 0.3) is 0 Å². The first-order chi connectivity index (χ1) is 29.5. The van der Waals surface area contributed by atoms with E-state index in [4.69, 9.17) is 42.6 Å². The molecule has 19 heteroatoms. The lowest BCUT2D eigenvalue weighted by atomic mass is 10.1. The van der Waals surface area contributed by atoms with Crippen LogP contribution in [0.1, 0.15) is 23.7 Å². The number of alkyl halides is 3. The van der Waals surface area contributed by atoms with Gasteiger partial charge >= 0.3 is 6.18 Å². The molecule has 2 aromatic heterocycles. The molecule has 0 bridgehead atoms. The number of carbonyl (C=O) groups excluding carboxylic acids is 1. The molecule has 2 atom stereocenters. The molecule has 0 saturated carbocycles. The number of aromatic nitrogens is 4. The third kappa shape index (κ3) is 10.6. The number of hydrogen-bond donors (Lipinski definition) is 1. The summed E-state index contributed by atoms with van der Waals surface area (Å²) in [5.74, 6) is -0.201. The number of halogens is 5. The lowest BCUT2D eigenvalue weighted by molar-refractivity contribution is -0.189. The van der Waals surface area contributed by atoms with Crippen LogP contribution in [0, 0.1) is 6.92 Å². The number of carbonyl (C=O) groups is 1. The molecule has 62 heavy (non-hydrogen) atoms. The Labute approximate surface area is 366 Å². The monoisotopic (exact) mass is 911 g/mol. The molecule has 0 unspecified atom stereocenters. The highest BCUT2D eigenvalue weighted by Gasteiger charge is 2.45. The van der Waals surface area contributed by atoms with E-state index in [1.54, 1.807) is 55.8 Å². The third-order valence-corrected chi connectivity index (χ3v) is 11.7. The maximum atomic E-state index is 13.1. The number of anilines is 1. The van der Waals surface area contributed by atoms with Gasteiger partial charge in [-0.3, -0.25) is 4.79 Å². The van der Waals surface area contributed by atoms with Crippen molar-refractivity contribution in [2.24, 2.45) is 5.14 Å². The summed E-state index contributed by atoms with van der Waals surface area (Å²) in [5.41, 5.74) is 2.82. The summed E-state index contributed by atoms with van der Waals surface area (Å²) in [6.45, 7) is 7.67. The first-order valence-electron chi connectivity index (χ1n) is 19.3. The molecule has 326 valence electrons. The molecular formula is C43H42Cl2F3N7O6S. The van der Waals surface area contributed by atoms with Crippen molar-refractivity contribution >= 4 is 44.8 Å². The highest BCUT2D eigenvalue weighted by atomic mass is 35.5. The van der Waals surface area contributed by atoms with Crippen molar-refractivity contribution in [1.82, 2.24) is 24.2 Å². The zero-order chi connectivity index (χ0) is 44.2. The van der Waals surface area contributed by atoms with Crippen LogP contribution in [0.2, 0.25) is 10.0 Å². The van der Waals surface area contributed by atoms with Crippen LogP contribution in [0.4, 0.5) is 18.9 Å². The minimum atomic E-state index is -4.61. The van der Waals surface area contributed by atoms with E-state index in [1.807, 2.05) is 52.9 Å². The van der Waals surface area contributed by atoms with Gasteiger partial charge in [-0.25, -0.2) is 23.2 Å². The Kier molecular flexibility index (Phi) is 13.3. The summed E-state index contributed by atoms with van der Waals surface area (Å²) >= 11 is 12.7. The average Bonchev–Trinajstić information content (AvgIpc) is 4.02. The van der Waals surface area contributed by atoms with Crippen LogP contribution in [0.5, 0.6) is 5.75 Å². The molecule has 2 N–H and O–H groups in total. The topological polar surface area (TPSA) is 147 Å². The Morgan fingerprint density at radius 2 is 1.61 bits per heavy atom. The van der Waals surface area contributed by atoms with Gasteiger partial charge in [0, 0.05) is 67.3 Å². The van der Waals surface area contributed by atoms with Gasteiger partial charge in [0.2, 0.25) is 21.7 Å². The van der Waals surface area contributed by atoms with Gasteiger partial charge in [-0.1, -0.05) is 59.1 Å². The molecule has 8 rings (SSSR count). The fourth-order valence-corrected chi connectivity index (χ4v) is 8.09. The molecule has 2 aliphatic heterocycles. The van der Waals surface area contributed by atoms with Gasteiger partial charge in [0.1, 0.15) is 18.5 Å². The van der Waals surface area contributed by atoms with Gasteiger partial charge < -0.3 is 28.6 Å². The number of benzene rings is 4. The number of hydrogen-bond acceptors (Lipinski definition) is 9. The molecule has 13 nitrogen and oxygen atoms in total. The highest BCUT2D eigenvalue weighted by Crippen LogP contribution is 2.41. The Morgan fingerprint density at radius 3 is 2.21 bits per heavy atom. The second kappa shape index (κ2) is 18.5. The van der Waals surface area contributed by atoms with Crippen molar-refractivity contribution < 1.29 is 40.6 Å². The van der Waals surface area contributed by atoms with E-state index in [9.17, 15) is 26.4 Å². The van der Waals surface area contributed by atoms with E-state index in [0.29, 0.717) is 40.9 Å². The summed E-state index contributed by atoms with van der Waals surface area (Å²) < 4.78 is 83.8. The number of sulfonamides is 1. The first kappa shape index (κ1) is 44.6. The van der Waals surface area contributed by atoms with E-state index in [2.05, 4.69) is 15.0 Å². The number of rotatable bonds is 10. The minimum absolute atomic E-state index is 0.129. The van der Waals surface area contributed by atoms with E-state index in [-0.39, 0.29) is 28.3 Å². The summed E-state index contributed by atoms with van der Waals surface area (Å²) in [5, 5.41) is 9.72. The maximum Gasteiger partial charge on any atom is 0.435 e. The average molecular weight is 913 g/mol. The van der Waals surface area contributed by atoms with E-state index >= 15 is 0 Å². The summed E-state index contributed by atoms with van der Waals surface area (Å²) in [7, 11) is -3.90. The predicted octanol–water partition coefficient (Wildman–Crippen LogP) is 7.72. The Morgan fingerprint density at radius 1 is 0.935 bits per heavy atom. The predicted molar refractivity (Wildman–Crippen MR) is 228 cm³/mol. The number of nitrogens with zero attached hydrogens (tertiary/aromatic N) is 6. The molecule has 0 spiro atoms. The molecule has 4 aromatic carbocycles. The lowest BCUT2D eigenvalue weighted by Crippen LogP contribution is -2.48. The Hall–Kier alpha value is -5.43. The van der Waals surface area contributed by atoms with Crippen molar-refractivity contribution in [3.8, 4) is 22.7 Å². The fourth-order valence-electron chi connectivity index (χ4n) is 7.02. The van der Waals surface area contributed by atoms with Crippen molar-refractivity contribution in [3.05, 3.63) is 143 Å². The van der Waals surface area contributed by atoms with E-state index < -0.39 is 27.7 Å². The molecule has 1 amide bonds.